The summed E-state index contributed by atoms with van der Waals surface area (Å²) >= 11 is 21.7. The first-order chi connectivity index (χ1) is 19.7. The highest BCUT2D eigenvalue weighted by atomic mass is 35.5. The number of nitrogens with zero attached hydrogens (tertiary/aromatic N) is 2. The molecule has 1 amide bonds. The molecule has 2 heterocycles. The van der Waals surface area contributed by atoms with Crippen molar-refractivity contribution >= 4 is 63.8 Å². The van der Waals surface area contributed by atoms with Gasteiger partial charge >= 0.3 is 0 Å². The predicted octanol–water partition coefficient (Wildman–Crippen LogP) is 8.95. The maximum atomic E-state index is 13.6. The van der Waals surface area contributed by atoms with E-state index in [1.807, 2.05) is 41.3 Å². The highest BCUT2D eigenvalue weighted by Crippen LogP contribution is 2.58. The van der Waals surface area contributed by atoms with Crippen LogP contribution in [0.25, 0.3) is 0 Å². The Hall–Kier alpha value is -2.45. The molecule has 214 valence electrons. The van der Waals surface area contributed by atoms with Crippen LogP contribution in [0, 0.1) is 16.0 Å². The minimum absolute atomic E-state index is 0.0446. The smallest absolute Gasteiger partial charge is 0.282 e. The van der Waals surface area contributed by atoms with Crippen molar-refractivity contribution in [2.45, 2.75) is 66.1 Å². The molecule has 6 atom stereocenters. The molecule has 1 saturated heterocycles. The van der Waals surface area contributed by atoms with Crippen LogP contribution in [0.4, 0.5) is 11.4 Å². The second-order valence-electron chi connectivity index (χ2n) is 11.2. The third-order valence-corrected chi connectivity index (χ3v) is 11.4. The zero-order chi connectivity index (χ0) is 28.8. The fraction of sp³-hybridized carbons (Fsp3) is 0.387. The van der Waals surface area contributed by atoms with Crippen LogP contribution in [0.1, 0.15) is 66.1 Å². The maximum Gasteiger partial charge on any atom is 0.282 e. The van der Waals surface area contributed by atoms with E-state index in [4.69, 9.17) is 34.8 Å². The summed E-state index contributed by atoms with van der Waals surface area (Å²) in [5.41, 5.74) is 3.61. The van der Waals surface area contributed by atoms with E-state index in [0.717, 1.165) is 42.6 Å². The molecule has 3 aromatic carbocycles. The minimum Gasteiger partial charge on any atom is -0.378 e. The number of rotatable bonds is 5. The molecule has 0 spiro atoms. The van der Waals surface area contributed by atoms with Gasteiger partial charge in [0.05, 0.1) is 21.2 Å². The van der Waals surface area contributed by atoms with Gasteiger partial charge < -0.3 is 10.2 Å². The van der Waals surface area contributed by atoms with Gasteiger partial charge in [-0.1, -0.05) is 41.4 Å². The fourth-order valence-corrected chi connectivity index (χ4v) is 9.22. The first kappa shape index (κ1) is 28.7. The summed E-state index contributed by atoms with van der Waals surface area (Å²) in [5, 5.41) is 16.2. The second-order valence-corrected chi connectivity index (χ2v) is 13.8. The number of piperidine rings is 1. The summed E-state index contributed by atoms with van der Waals surface area (Å²) < 4.78 is 0. The molecule has 0 radical (unpaired) electrons. The summed E-state index contributed by atoms with van der Waals surface area (Å²) in [6, 6.07) is 18.3. The lowest BCUT2D eigenvalue weighted by molar-refractivity contribution is -0.387. The van der Waals surface area contributed by atoms with E-state index in [1.54, 1.807) is 18.2 Å². The SMILES string of the molecule is CC1CCCCN1C(=O)c1ccc2c(c1)C1C(Cl)C(Sc3ccccc3[N+](=O)[O-])CC1C(c1ccc(Cl)cc1Cl)N2. The maximum absolute atomic E-state index is 13.6. The number of amides is 1. The monoisotopic (exact) mass is 629 g/mol. The Labute approximate surface area is 258 Å². The number of anilines is 1. The lowest BCUT2D eigenvalue weighted by Crippen LogP contribution is -2.42. The summed E-state index contributed by atoms with van der Waals surface area (Å²) in [7, 11) is 0. The van der Waals surface area contributed by atoms with E-state index >= 15 is 0 Å². The van der Waals surface area contributed by atoms with Crippen LogP contribution in [0.2, 0.25) is 10.0 Å². The fourth-order valence-electron chi connectivity index (χ4n) is 6.75. The van der Waals surface area contributed by atoms with Gasteiger partial charge in [-0.25, -0.2) is 0 Å². The highest BCUT2D eigenvalue weighted by Gasteiger charge is 2.51. The number of carbonyl (C=O) groups excluding carboxylic acids is 1. The van der Waals surface area contributed by atoms with Gasteiger partial charge in [0.25, 0.3) is 11.6 Å². The molecule has 1 aliphatic carbocycles. The molecule has 2 aliphatic heterocycles. The number of nitrogens with one attached hydrogen (secondary N) is 1. The molecule has 10 heteroatoms. The van der Waals surface area contributed by atoms with Gasteiger partial charge in [-0.05, 0) is 86.1 Å². The second kappa shape index (κ2) is 11.7. The molecule has 41 heavy (non-hydrogen) atoms. The number of alkyl halides is 1. The van der Waals surface area contributed by atoms with Crippen molar-refractivity contribution in [1.29, 1.82) is 0 Å². The van der Waals surface area contributed by atoms with Crippen LogP contribution in [-0.2, 0) is 0 Å². The van der Waals surface area contributed by atoms with Crippen molar-refractivity contribution in [2.24, 2.45) is 5.92 Å². The number of benzene rings is 3. The van der Waals surface area contributed by atoms with Crippen LogP contribution in [0.5, 0.6) is 0 Å². The van der Waals surface area contributed by atoms with E-state index in [2.05, 4.69) is 12.2 Å². The van der Waals surface area contributed by atoms with Gasteiger partial charge in [0, 0.05) is 51.1 Å². The van der Waals surface area contributed by atoms with E-state index in [0.29, 0.717) is 26.9 Å². The van der Waals surface area contributed by atoms with Gasteiger partial charge in [0.2, 0.25) is 0 Å². The average molecular weight is 631 g/mol. The molecule has 6 unspecified atom stereocenters. The highest BCUT2D eigenvalue weighted by molar-refractivity contribution is 8.00. The molecule has 3 aliphatic rings. The third-order valence-electron chi connectivity index (χ3n) is 8.76. The van der Waals surface area contributed by atoms with E-state index in [-0.39, 0.29) is 51.1 Å². The molecule has 2 fully saturated rings. The first-order valence-electron chi connectivity index (χ1n) is 13.9. The molecule has 6 rings (SSSR count). The predicted molar refractivity (Wildman–Crippen MR) is 167 cm³/mol. The Morgan fingerprint density at radius 1 is 1.07 bits per heavy atom. The number of likely N-dealkylation sites (tertiary alicyclic amines) is 1. The van der Waals surface area contributed by atoms with Crippen molar-refractivity contribution in [2.75, 3.05) is 11.9 Å². The Kier molecular flexibility index (Phi) is 8.16. The van der Waals surface area contributed by atoms with Crippen molar-refractivity contribution < 1.29 is 9.72 Å². The van der Waals surface area contributed by atoms with Crippen molar-refractivity contribution in [3.63, 3.8) is 0 Å². The Bertz CT molecular complexity index is 1500. The number of nitro benzene ring substituents is 1. The zero-order valence-electron chi connectivity index (χ0n) is 22.4. The quantitative estimate of drug-likeness (QED) is 0.173. The largest absolute Gasteiger partial charge is 0.378 e. The summed E-state index contributed by atoms with van der Waals surface area (Å²) in [6.45, 7) is 2.88. The number of carbonyl (C=O) groups is 1. The van der Waals surface area contributed by atoms with E-state index in [1.165, 1.54) is 17.8 Å². The molecular weight excluding hydrogens is 601 g/mol. The zero-order valence-corrected chi connectivity index (χ0v) is 25.5. The van der Waals surface area contributed by atoms with Crippen LogP contribution in [0.15, 0.2) is 65.6 Å². The number of thioether (sulfide) groups is 1. The molecule has 0 bridgehead atoms. The Morgan fingerprint density at radius 3 is 2.63 bits per heavy atom. The molecule has 1 N–H and O–H groups in total. The van der Waals surface area contributed by atoms with Gasteiger partial charge in [-0.3, -0.25) is 14.9 Å². The van der Waals surface area contributed by atoms with Crippen LogP contribution < -0.4 is 5.32 Å². The Morgan fingerprint density at radius 2 is 1.88 bits per heavy atom. The van der Waals surface area contributed by atoms with Crippen LogP contribution in [0.3, 0.4) is 0 Å². The summed E-state index contributed by atoms with van der Waals surface area (Å²) in [4.78, 5) is 27.6. The van der Waals surface area contributed by atoms with Gasteiger partial charge in [-0.2, -0.15) is 0 Å². The number of fused-ring (bicyclic) bond motifs is 3. The molecule has 3 aromatic rings. The van der Waals surface area contributed by atoms with Gasteiger partial charge in [0.15, 0.2) is 0 Å². The molecule has 1 saturated carbocycles. The van der Waals surface area contributed by atoms with E-state index in [9.17, 15) is 14.9 Å². The lowest BCUT2D eigenvalue weighted by Gasteiger charge is -2.39. The molecule has 0 aromatic heterocycles. The van der Waals surface area contributed by atoms with Gasteiger partial charge in [0.1, 0.15) is 0 Å². The number of nitro groups is 1. The average Bonchev–Trinajstić information content (AvgIpc) is 3.28. The normalized spacial score (nSPS) is 27.1. The van der Waals surface area contributed by atoms with Gasteiger partial charge in [-0.15, -0.1) is 23.4 Å². The first-order valence-corrected chi connectivity index (χ1v) is 16.0. The van der Waals surface area contributed by atoms with Crippen molar-refractivity contribution in [3.8, 4) is 0 Å². The number of para-hydroxylation sites is 1. The number of halogens is 3. The number of hydrogen-bond donors (Lipinski definition) is 1. The summed E-state index contributed by atoms with van der Waals surface area (Å²) in [6.07, 6.45) is 3.89. The lowest BCUT2D eigenvalue weighted by atomic mass is 9.76. The Balaban J connectivity index is 1.39. The van der Waals surface area contributed by atoms with Crippen molar-refractivity contribution in [1.82, 2.24) is 4.90 Å². The van der Waals surface area contributed by atoms with Crippen molar-refractivity contribution in [3.05, 3.63) is 97.5 Å². The molecular formula is C31H30Cl3N3O3S. The van der Waals surface area contributed by atoms with Crippen LogP contribution >= 0.6 is 46.6 Å². The van der Waals surface area contributed by atoms with Crippen LogP contribution in [-0.4, -0.2) is 38.9 Å². The minimum atomic E-state index is -0.347. The third kappa shape index (κ3) is 5.42. The summed E-state index contributed by atoms with van der Waals surface area (Å²) in [5.74, 6) is 0.00837. The number of hydrogen-bond acceptors (Lipinski definition) is 5. The molecule has 6 nitrogen and oxygen atoms in total. The topological polar surface area (TPSA) is 75.5 Å². The standard InChI is InChI=1S/C31H30Cl3N3O3S/c1-17-6-4-5-13-36(17)31(38)18-9-12-24-21(14-18)28-22(30(35-24)20-11-10-19(32)15-23(20)33)16-27(29(28)34)41-26-8-3-2-7-25(26)37(39)40/h2-3,7-12,14-15,17,22,27-30,35H,4-6,13,16H2,1H3. The van der Waals surface area contributed by atoms with E-state index < -0.39 is 0 Å².